The van der Waals surface area contributed by atoms with Crippen molar-refractivity contribution in [2.75, 3.05) is 20.3 Å². The molecule has 1 aromatic carbocycles. The van der Waals surface area contributed by atoms with Gasteiger partial charge in [0, 0.05) is 26.1 Å². The van der Waals surface area contributed by atoms with Crippen molar-refractivity contribution in [1.82, 2.24) is 4.90 Å². The summed E-state index contributed by atoms with van der Waals surface area (Å²) in [4.78, 5) is 14.4. The third kappa shape index (κ3) is 4.13. The lowest BCUT2D eigenvalue weighted by Crippen LogP contribution is -2.41. The summed E-state index contributed by atoms with van der Waals surface area (Å²) in [7, 11) is 1.31. The van der Waals surface area contributed by atoms with E-state index in [9.17, 15) is 4.79 Å². The van der Waals surface area contributed by atoms with Crippen LogP contribution >= 0.6 is 0 Å². The predicted octanol–water partition coefficient (Wildman–Crippen LogP) is 2.37. The number of rotatable bonds is 7. The molecule has 0 spiro atoms. The van der Waals surface area contributed by atoms with Crippen LogP contribution in [0, 0.1) is 5.92 Å². The largest absolute Gasteiger partial charge is 0.494 e. The fraction of sp³-hybridized carbons (Fsp3) is 0.650. The fourth-order valence-corrected chi connectivity index (χ4v) is 3.04. The highest BCUT2D eigenvalue weighted by Crippen LogP contribution is 2.36. The fourth-order valence-electron chi connectivity index (χ4n) is 3.04. The van der Waals surface area contributed by atoms with Crippen LogP contribution < -0.4 is 5.46 Å². The molecule has 0 bridgehead atoms. The van der Waals surface area contributed by atoms with Gasteiger partial charge in [-0.2, -0.15) is 0 Å². The van der Waals surface area contributed by atoms with Crippen molar-refractivity contribution in [3.05, 3.63) is 29.8 Å². The van der Waals surface area contributed by atoms with Gasteiger partial charge in [0.15, 0.2) is 0 Å². The number of benzene rings is 1. The molecule has 0 aromatic heterocycles. The third-order valence-corrected chi connectivity index (χ3v) is 5.68. The van der Waals surface area contributed by atoms with Gasteiger partial charge in [-0.25, -0.2) is 0 Å². The number of hydrogen-bond acceptors (Lipinski definition) is 4. The van der Waals surface area contributed by atoms with Gasteiger partial charge in [-0.1, -0.05) is 24.3 Å². The molecular formula is C20H30BNO4. The van der Waals surface area contributed by atoms with E-state index in [0.717, 1.165) is 23.9 Å². The summed E-state index contributed by atoms with van der Waals surface area (Å²) in [5, 5.41) is 0. The Kier molecular flexibility index (Phi) is 5.47. The Bertz CT molecular complexity index is 624. The molecule has 1 heterocycles. The lowest BCUT2D eigenvalue weighted by atomic mass is 9.79. The van der Waals surface area contributed by atoms with Gasteiger partial charge < -0.3 is 18.9 Å². The van der Waals surface area contributed by atoms with Gasteiger partial charge in [0.05, 0.1) is 17.8 Å². The number of ether oxygens (including phenoxy) is 1. The van der Waals surface area contributed by atoms with Crippen LogP contribution in [0.4, 0.5) is 0 Å². The average molecular weight is 359 g/mol. The molecule has 0 N–H and O–H groups in total. The number of carbonyl (C=O) groups excluding carboxylic acids is 1. The van der Waals surface area contributed by atoms with Crippen LogP contribution in [-0.4, -0.2) is 49.4 Å². The van der Waals surface area contributed by atoms with Gasteiger partial charge >= 0.3 is 7.12 Å². The first kappa shape index (κ1) is 19.4. The number of hydrogen-bond donors (Lipinski definition) is 0. The van der Waals surface area contributed by atoms with Crippen molar-refractivity contribution in [1.29, 1.82) is 0 Å². The summed E-state index contributed by atoms with van der Waals surface area (Å²) in [5.41, 5.74) is 1.42. The molecule has 0 unspecified atom stereocenters. The molecule has 26 heavy (non-hydrogen) atoms. The molecule has 3 rings (SSSR count). The molecule has 6 heteroatoms. The number of amides is 1. The zero-order valence-corrected chi connectivity index (χ0v) is 16.6. The zero-order chi connectivity index (χ0) is 18.9. The maximum absolute atomic E-state index is 12.5. The number of nitrogens with zero attached hydrogens (tertiary/aromatic N) is 1. The van der Waals surface area contributed by atoms with Crippen LogP contribution in [-0.2, 0) is 25.4 Å². The molecule has 0 radical (unpaired) electrons. The molecule has 2 fully saturated rings. The van der Waals surface area contributed by atoms with Crippen LogP contribution in [0.15, 0.2) is 24.3 Å². The zero-order valence-electron chi connectivity index (χ0n) is 16.6. The van der Waals surface area contributed by atoms with Crippen molar-refractivity contribution in [3.63, 3.8) is 0 Å². The second kappa shape index (κ2) is 7.33. The molecule has 1 saturated heterocycles. The maximum Gasteiger partial charge on any atom is 0.494 e. The van der Waals surface area contributed by atoms with Crippen LogP contribution in [0.25, 0.3) is 0 Å². The Labute approximate surface area is 157 Å². The Morgan fingerprint density at radius 3 is 2.23 bits per heavy atom. The molecule has 2 aliphatic rings. The summed E-state index contributed by atoms with van der Waals surface area (Å²) < 4.78 is 17.4. The van der Waals surface area contributed by atoms with Gasteiger partial charge in [-0.15, -0.1) is 0 Å². The van der Waals surface area contributed by atoms with E-state index in [1.807, 2.05) is 17.0 Å². The summed E-state index contributed by atoms with van der Waals surface area (Å²) in [6, 6.07) is 8.18. The highest BCUT2D eigenvalue weighted by Gasteiger charge is 2.51. The van der Waals surface area contributed by atoms with E-state index < -0.39 is 0 Å². The SMILES string of the molecule is COCCN(Cc1ccc(B2OC(C)(C)C(C)(C)O2)cc1)C(=O)C1CC1. The highest BCUT2D eigenvalue weighted by molar-refractivity contribution is 6.62. The molecule has 1 aliphatic carbocycles. The van der Waals surface area contributed by atoms with Crippen LogP contribution in [0.1, 0.15) is 46.1 Å². The van der Waals surface area contributed by atoms with Crippen molar-refractivity contribution >= 4 is 18.5 Å². The minimum absolute atomic E-state index is 0.218. The molecule has 1 aliphatic heterocycles. The van der Waals surface area contributed by atoms with E-state index in [0.29, 0.717) is 19.7 Å². The summed E-state index contributed by atoms with van der Waals surface area (Å²) in [5.74, 6) is 0.466. The van der Waals surface area contributed by atoms with Crippen molar-refractivity contribution in [2.45, 2.75) is 58.3 Å². The quantitative estimate of drug-likeness (QED) is 0.702. The second-order valence-electron chi connectivity index (χ2n) is 8.36. The standard InChI is InChI=1S/C20H30BNO4/c1-19(2)20(3,4)26-21(25-19)17-10-6-15(7-11-17)14-22(12-13-24-5)18(23)16-8-9-16/h6-7,10-11,16H,8-9,12-14H2,1-5H3. The lowest BCUT2D eigenvalue weighted by molar-refractivity contribution is -0.133. The first-order chi connectivity index (χ1) is 12.2. The monoisotopic (exact) mass is 359 g/mol. The normalized spacial score (nSPS) is 21.0. The smallest absolute Gasteiger partial charge is 0.399 e. The van der Waals surface area contributed by atoms with Gasteiger partial charge in [-0.3, -0.25) is 4.79 Å². The van der Waals surface area contributed by atoms with Gasteiger partial charge in [0.1, 0.15) is 0 Å². The van der Waals surface area contributed by atoms with Crippen molar-refractivity contribution in [3.8, 4) is 0 Å². The van der Waals surface area contributed by atoms with E-state index in [-0.39, 0.29) is 30.1 Å². The molecular weight excluding hydrogens is 329 g/mol. The molecule has 0 atom stereocenters. The summed E-state index contributed by atoms with van der Waals surface area (Å²) >= 11 is 0. The van der Waals surface area contributed by atoms with Crippen LogP contribution in [0.3, 0.4) is 0 Å². The average Bonchev–Trinajstić information content (AvgIpc) is 3.39. The Morgan fingerprint density at radius 2 is 1.73 bits per heavy atom. The predicted molar refractivity (Wildman–Crippen MR) is 102 cm³/mol. The van der Waals surface area contributed by atoms with E-state index in [4.69, 9.17) is 14.0 Å². The molecule has 1 amide bonds. The first-order valence-electron chi connectivity index (χ1n) is 9.46. The van der Waals surface area contributed by atoms with E-state index in [2.05, 4.69) is 39.8 Å². The minimum atomic E-state index is -0.355. The minimum Gasteiger partial charge on any atom is -0.399 e. The molecule has 1 aromatic rings. The Morgan fingerprint density at radius 1 is 1.15 bits per heavy atom. The molecule has 5 nitrogen and oxygen atoms in total. The molecule has 1 saturated carbocycles. The van der Waals surface area contributed by atoms with Gasteiger partial charge in [0.2, 0.25) is 5.91 Å². The summed E-state index contributed by atoms with van der Waals surface area (Å²) in [6.45, 7) is 10.0. The van der Waals surface area contributed by atoms with Crippen molar-refractivity contribution < 1.29 is 18.8 Å². The Balaban J connectivity index is 1.66. The summed E-state index contributed by atoms with van der Waals surface area (Å²) in [6.07, 6.45) is 2.03. The van der Waals surface area contributed by atoms with Gasteiger partial charge in [0.25, 0.3) is 0 Å². The number of methoxy groups -OCH3 is 1. The topological polar surface area (TPSA) is 48.0 Å². The van der Waals surface area contributed by atoms with Gasteiger partial charge in [-0.05, 0) is 51.6 Å². The van der Waals surface area contributed by atoms with E-state index in [1.54, 1.807) is 7.11 Å². The number of carbonyl (C=O) groups is 1. The Hall–Kier alpha value is -1.37. The van der Waals surface area contributed by atoms with Crippen LogP contribution in [0.5, 0.6) is 0 Å². The van der Waals surface area contributed by atoms with Crippen molar-refractivity contribution in [2.24, 2.45) is 5.92 Å². The first-order valence-corrected chi connectivity index (χ1v) is 9.46. The lowest BCUT2D eigenvalue weighted by Gasteiger charge is -2.32. The molecule has 142 valence electrons. The van der Waals surface area contributed by atoms with Crippen LogP contribution in [0.2, 0.25) is 0 Å². The van der Waals surface area contributed by atoms with E-state index in [1.165, 1.54) is 0 Å². The maximum atomic E-state index is 12.5. The second-order valence-corrected chi connectivity index (χ2v) is 8.36. The van der Waals surface area contributed by atoms with E-state index >= 15 is 0 Å². The highest BCUT2D eigenvalue weighted by atomic mass is 16.7. The third-order valence-electron chi connectivity index (χ3n) is 5.68.